The molecule has 0 saturated heterocycles. The fourth-order valence-electron chi connectivity index (χ4n) is 3.76. The lowest BCUT2D eigenvalue weighted by molar-refractivity contribution is -0.270. The number of rotatable bonds is 2. The summed E-state index contributed by atoms with van der Waals surface area (Å²) in [6.07, 6.45) is -4.17. The van der Waals surface area contributed by atoms with Crippen LogP contribution in [-0.2, 0) is 6.42 Å². The summed E-state index contributed by atoms with van der Waals surface area (Å²) in [6.45, 7) is 1.57. The van der Waals surface area contributed by atoms with Crippen molar-refractivity contribution in [2.75, 3.05) is 5.32 Å². The molecule has 1 aliphatic carbocycles. The minimum Gasteiger partial charge on any atom is -0.508 e. The van der Waals surface area contributed by atoms with Crippen LogP contribution in [0.3, 0.4) is 0 Å². The summed E-state index contributed by atoms with van der Waals surface area (Å²) in [7, 11) is 0. The minimum absolute atomic E-state index is 0.00370. The fourth-order valence-corrected chi connectivity index (χ4v) is 3.76. The highest BCUT2D eigenvalue weighted by atomic mass is 19.4. The summed E-state index contributed by atoms with van der Waals surface area (Å²) < 4.78 is 55.8. The summed E-state index contributed by atoms with van der Waals surface area (Å²) in [6, 6.07) is 4.88. The Hall–Kier alpha value is -2.94. The highest BCUT2D eigenvalue weighted by molar-refractivity contribution is 5.91. The van der Waals surface area contributed by atoms with Gasteiger partial charge in [0.05, 0.1) is 6.04 Å². The molecule has 1 heterocycles. The van der Waals surface area contributed by atoms with Gasteiger partial charge in [-0.05, 0) is 55.2 Å². The lowest BCUT2D eigenvalue weighted by Gasteiger charge is -2.43. The van der Waals surface area contributed by atoms with Crippen LogP contribution in [0.4, 0.5) is 23.2 Å². The van der Waals surface area contributed by atoms with Crippen molar-refractivity contribution < 1.29 is 27.8 Å². The molecule has 29 heavy (non-hydrogen) atoms. The van der Waals surface area contributed by atoms with E-state index in [1.165, 1.54) is 30.5 Å². The molecular formula is C20H17F4N3O2. The number of nitrogens with zero attached hydrogens (tertiary/aromatic N) is 2. The second-order valence-electron chi connectivity index (χ2n) is 7.16. The first-order chi connectivity index (χ1) is 13.6. The third-order valence-electron chi connectivity index (χ3n) is 5.31. The van der Waals surface area contributed by atoms with Crippen LogP contribution in [0.2, 0.25) is 0 Å². The number of phenolic OH excluding ortho intramolecular Hbond substituents is 1. The molecule has 0 radical (unpaired) electrons. The van der Waals surface area contributed by atoms with E-state index < -0.39 is 30.1 Å². The van der Waals surface area contributed by atoms with Crippen LogP contribution in [0.5, 0.6) is 5.75 Å². The Morgan fingerprint density at radius 3 is 2.69 bits per heavy atom. The zero-order chi connectivity index (χ0) is 21.0. The third kappa shape index (κ3) is 3.15. The molecule has 1 aliphatic rings. The van der Waals surface area contributed by atoms with Gasteiger partial charge in [-0.15, -0.1) is 0 Å². The largest absolute Gasteiger partial charge is 0.508 e. The molecule has 3 N–H and O–H groups in total. The van der Waals surface area contributed by atoms with Gasteiger partial charge in [-0.1, -0.05) is 6.07 Å². The Balaban J connectivity index is 1.89. The monoisotopic (exact) mass is 407 g/mol. The van der Waals surface area contributed by atoms with Crippen LogP contribution in [0, 0.1) is 12.7 Å². The highest BCUT2D eigenvalue weighted by Gasteiger charge is 2.60. The van der Waals surface area contributed by atoms with E-state index in [0.717, 1.165) is 6.07 Å². The van der Waals surface area contributed by atoms with Gasteiger partial charge in [-0.3, -0.25) is 0 Å². The van der Waals surface area contributed by atoms with Gasteiger partial charge >= 0.3 is 6.18 Å². The van der Waals surface area contributed by atoms with Gasteiger partial charge in [-0.25, -0.2) is 14.4 Å². The Morgan fingerprint density at radius 1 is 1.21 bits per heavy atom. The lowest BCUT2D eigenvalue weighted by Crippen LogP contribution is -2.54. The Bertz CT molecular complexity index is 1100. The zero-order valence-corrected chi connectivity index (χ0v) is 15.3. The maximum Gasteiger partial charge on any atom is 0.419 e. The smallest absolute Gasteiger partial charge is 0.419 e. The number of fused-ring (bicyclic) bond motifs is 2. The van der Waals surface area contributed by atoms with Crippen molar-refractivity contribution in [3.63, 3.8) is 0 Å². The van der Waals surface area contributed by atoms with E-state index in [1.807, 2.05) is 0 Å². The minimum atomic E-state index is -4.93. The van der Waals surface area contributed by atoms with E-state index in [4.69, 9.17) is 0 Å². The van der Waals surface area contributed by atoms with E-state index in [1.54, 1.807) is 6.92 Å². The number of phenols is 1. The van der Waals surface area contributed by atoms with Gasteiger partial charge in [0.2, 0.25) is 0 Å². The molecule has 0 saturated carbocycles. The van der Waals surface area contributed by atoms with Gasteiger partial charge in [0, 0.05) is 17.3 Å². The number of nitrogens with one attached hydrogen (secondary N) is 1. The van der Waals surface area contributed by atoms with E-state index in [-0.39, 0.29) is 34.3 Å². The van der Waals surface area contributed by atoms with Crippen LogP contribution in [0.15, 0.2) is 36.5 Å². The molecular weight excluding hydrogens is 390 g/mol. The number of alkyl halides is 3. The Morgan fingerprint density at radius 2 is 1.97 bits per heavy atom. The molecule has 9 heteroatoms. The number of halogens is 4. The number of aromatic nitrogens is 2. The Labute approximate surface area is 163 Å². The molecule has 152 valence electrons. The summed E-state index contributed by atoms with van der Waals surface area (Å²) in [4.78, 5) is 8.02. The third-order valence-corrected chi connectivity index (χ3v) is 5.31. The number of aryl methyl sites for hydroxylation is 2. The van der Waals surface area contributed by atoms with E-state index in [2.05, 4.69) is 15.3 Å². The van der Waals surface area contributed by atoms with Crippen LogP contribution in [-0.4, -0.2) is 32.0 Å². The molecule has 0 fully saturated rings. The number of benzene rings is 2. The Kier molecular flexibility index (Phi) is 4.38. The lowest BCUT2D eigenvalue weighted by atomic mass is 9.75. The molecule has 0 bridgehead atoms. The SMILES string of the molecule is Cc1ncc2c(NC3c4cc(O)ccc4CCC3(O)C(F)(F)F)ccc(F)c2n1. The molecule has 0 amide bonds. The van der Waals surface area contributed by atoms with Crippen molar-refractivity contribution in [1.29, 1.82) is 0 Å². The van der Waals surface area contributed by atoms with E-state index in [0.29, 0.717) is 11.4 Å². The van der Waals surface area contributed by atoms with Gasteiger partial charge < -0.3 is 15.5 Å². The molecule has 0 spiro atoms. The first-order valence-electron chi connectivity index (χ1n) is 8.89. The normalized spacial score (nSPS) is 21.8. The van der Waals surface area contributed by atoms with Gasteiger partial charge in [-0.2, -0.15) is 13.2 Å². The molecule has 5 nitrogen and oxygen atoms in total. The molecule has 3 aromatic rings. The van der Waals surface area contributed by atoms with Crippen molar-refractivity contribution in [1.82, 2.24) is 9.97 Å². The standard InChI is InChI=1S/C20H17F4N3O2/c1-10-25-9-14-16(5-4-15(21)17(14)26-10)27-18-13-8-12(28)3-2-11(13)6-7-19(18,29)20(22,23)24/h2-5,8-9,18,27-29H,6-7H2,1H3. The van der Waals surface area contributed by atoms with Gasteiger partial charge in [0.15, 0.2) is 5.60 Å². The number of hydrogen-bond donors (Lipinski definition) is 3. The summed E-state index contributed by atoms with van der Waals surface area (Å²) >= 11 is 0. The van der Waals surface area contributed by atoms with Crippen molar-refractivity contribution in [3.8, 4) is 5.75 Å². The van der Waals surface area contributed by atoms with E-state index >= 15 is 0 Å². The molecule has 2 aromatic carbocycles. The van der Waals surface area contributed by atoms with Crippen LogP contribution < -0.4 is 5.32 Å². The first-order valence-corrected chi connectivity index (χ1v) is 8.89. The quantitative estimate of drug-likeness (QED) is 0.556. The number of hydrogen-bond acceptors (Lipinski definition) is 5. The number of aliphatic hydroxyl groups is 1. The second-order valence-corrected chi connectivity index (χ2v) is 7.16. The van der Waals surface area contributed by atoms with Crippen molar-refractivity contribution in [2.45, 2.75) is 37.6 Å². The molecule has 4 rings (SSSR count). The van der Waals surface area contributed by atoms with Gasteiger partial charge in [0.1, 0.15) is 22.9 Å². The molecule has 2 atom stereocenters. The van der Waals surface area contributed by atoms with Crippen LogP contribution in [0.25, 0.3) is 10.9 Å². The topological polar surface area (TPSA) is 78.3 Å². The summed E-state index contributed by atoms with van der Waals surface area (Å²) in [5.41, 5.74) is -2.27. The average molecular weight is 407 g/mol. The van der Waals surface area contributed by atoms with E-state index in [9.17, 15) is 27.8 Å². The zero-order valence-electron chi connectivity index (χ0n) is 15.3. The average Bonchev–Trinajstić information content (AvgIpc) is 2.65. The molecule has 1 aromatic heterocycles. The molecule has 2 unspecified atom stereocenters. The van der Waals surface area contributed by atoms with Crippen molar-refractivity contribution in [3.05, 3.63) is 59.3 Å². The summed E-state index contributed by atoms with van der Waals surface area (Å²) in [5, 5.41) is 23.4. The van der Waals surface area contributed by atoms with Crippen LogP contribution in [0.1, 0.15) is 29.4 Å². The first kappa shape index (κ1) is 19.4. The highest BCUT2D eigenvalue weighted by Crippen LogP contribution is 2.49. The predicted molar refractivity (Wildman–Crippen MR) is 98.0 cm³/mol. The fraction of sp³-hybridized carbons (Fsp3) is 0.300. The maximum absolute atomic E-state index is 14.2. The summed E-state index contributed by atoms with van der Waals surface area (Å²) in [5.74, 6) is -0.540. The number of aromatic hydroxyl groups is 1. The predicted octanol–water partition coefficient (Wildman–Crippen LogP) is 4.18. The second kappa shape index (κ2) is 6.55. The van der Waals surface area contributed by atoms with Crippen molar-refractivity contribution >= 4 is 16.6 Å². The van der Waals surface area contributed by atoms with Gasteiger partial charge in [0.25, 0.3) is 0 Å². The number of anilines is 1. The van der Waals surface area contributed by atoms with Crippen LogP contribution >= 0.6 is 0 Å². The van der Waals surface area contributed by atoms with Crippen molar-refractivity contribution in [2.24, 2.45) is 0 Å². The maximum atomic E-state index is 14.2. The molecule has 0 aliphatic heterocycles.